The average Bonchev–Trinajstić information content (AvgIpc) is 3.10. The third-order valence-corrected chi connectivity index (χ3v) is 5.50. The molecule has 2 aromatic carbocycles. The van der Waals surface area contributed by atoms with Crippen LogP contribution in [0.2, 0.25) is 5.02 Å². The smallest absolute Gasteiger partial charge is 0.238 e. The van der Waals surface area contributed by atoms with Gasteiger partial charge in [-0.25, -0.2) is 18.5 Å². The number of thiazole rings is 1. The summed E-state index contributed by atoms with van der Waals surface area (Å²) in [6.45, 7) is 0. The summed E-state index contributed by atoms with van der Waals surface area (Å²) in [7, 11) is -3.99. The van der Waals surface area contributed by atoms with Gasteiger partial charge in [-0.1, -0.05) is 29.8 Å². The number of hydrogen-bond acceptors (Lipinski definition) is 5. The number of halogens is 1. The van der Waals surface area contributed by atoms with Gasteiger partial charge in [-0.05, 0) is 29.8 Å². The number of benzene rings is 2. The molecule has 1 aromatic heterocycles. The first-order valence-electron chi connectivity index (χ1n) is 7.43. The molecule has 0 atom stereocenters. The third kappa shape index (κ3) is 4.28. The molecule has 9 heteroatoms. The highest BCUT2D eigenvalue weighted by atomic mass is 35.5. The maximum Gasteiger partial charge on any atom is 0.238 e. The molecule has 6 nitrogen and oxygen atoms in total. The number of primary sulfonamides is 1. The summed E-state index contributed by atoms with van der Waals surface area (Å²) in [5, 5.41) is 10.2. The second-order valence-corrected chi connectivity index (χ2v) is 8.10. The molecule has 0 bridgehead atoms. The predicted octanol–water partition coefficient (Wildman–Crippen LogP) is 3.29. The van der Waals surface area contributed by atoms with Gasteiger partial charge >= 0.3 is 0 Å². The molecule has 0 aliphatic heterocycles. The van der Waals surface area contributed by atoms with Crippen molar-refractivity contribution in [2.24, 2.45) is 5.14 Å². The SMILES string of the molecule is NS(=O)(=O)c1cc(NC(=O)Cc2ccccc2Cl)ccc1-c1cscn1. The van der Waals surface area contributed by atoms with E-state index >= 15 is 0 Å². The Balaban J connectivity index is 1.87. The van der Waals surface area contributed by atoms with Crippen molar-refractivity contribution >= 4 is 44.6 Å². The van der Waals surface area contributed by atoms with Crippen LogP contribution >= 0.6 is 22.9 Å². The lowest BCUT2D eigenvalue weighted by Gasteiger charge is -2.10. The van der Waals surface area contributed by atoms with E-state index in [1.165, 1.54) is 17.4 Å². The first kappa shape index (κ1) is 18.5. The van der Waals surface area contributed by atoms with E-state index in [2.05, 4.69) is 10.3 Å². The van der Waals surface area contributed by atoms with E-state index < -0.39 is 10.0 Å². The highest BCUT2D eigenvalue weighted by Crippen LogP contribution is 2.29. The van der Waals surface area contributed by atoms with Crippen LogP contribution in [0.25, 0.3) is 11.3 Å². The Hall–Kier alpha value is -2.26. The van der Waals surface area contributed by atoms with Gasteiger partial charge in [0, 0.05) is 21.7 Å². The number of hydrogen-bond donors (Lipinski definition) is 2. The molecule has 3 rings (SSSR count). The topological polar surface area (TPSA) is 102 Å². The van der Waals surface area contributed by atoms with Gasteiger partial charge in [-0.2, -0.15) is 0 Å². The molecule has 0 aliphatic rings. The molecular formula is C17H14ClN3O3S2. The fourth-order valence-electron chi connectivity index (χ4n) is 2.41. The lowest BCUT2D eigenvalue weighted by molar-refractivity contribution is -0.115. The minimum absolute atomic E-state index is 0.0677. The van der Waals surface area contributed by atoms with Crippen molar-refractivity contribution in [2.45, 2.75) is 11.3 Å². The van der Waals surface area contributed by atoms with E-state index in [0.29, 0.717) is 27.5 Å². The average molecular weight is 408 g/mol. The highest BCUT2D eigenvalue weighted by molar-refractivity contribution is 7.89. The standard InChI is InChI=1S/C17H14ClN3O3S2/c18-14-4-2-1-3-11(14)7-17(22)21-12-5-6-13(15-9-25-10-20-15)16(8-12)26(19,23)24/h1-6,8-10H,7H2,(H,21,22)(H2,19,23,24). The van der Waals surface area contributed by atoms with E-state index in [0.717, 1.165) is 0 Å². The molecule has 3 aromatic rings. The first-order chi connectivity index (χ1) is 12.3. The van der Waals surface area contributed by atoms with Gasteiger partial charge in [0.05, 0.1) is 22.5 Å². The predicted molar refractivity (Wildman–Crippen MR) is 103 cm³/mol. The van der Waals surface area contributed by atoms with Crippen LogP contribution in [0.1, 0.15) is 5.56 Å². The summed E-state index contributed by atoms with van der Waals surface area (Å²) in [5.74, 6) is -0.320. The van der Waals surface area contributed by atoms with Gasteiger partial charge in [-0.15, -0.1) is 11.3 Å². The molecule has 0 saturated carbocycles. The Bertz CT molecular complexity index is 1050. The van der Waals surface area contributed by atoms with Crippen molar-refractivity contribution in [3.63, 3.8) is 0 Å². The summed E-state index contributed by atoms with van der Waals surface area (Å²) < 4.78 is 23.9. The minimum atomic E-state index is -3.99. The van der Waals surface area contributed by atoms with Crippen LogP contribution in [0.5, 0.6) is 0 Å². The maximum absolute atomic E-state index is 12.2. The van der Waals surface area contributed by atoms with E-state index in [9.17, 15) is 13.2 Å². The molecule has 1 heterocycles. The Kier molecular flexibility index (Phi) is 5.38. The monoisotopic (exact) mass is 407 g/mol. The number of carbonyl (C=O) groups is 1. The summed E-state index contributed by atoms with van der Waals surface area (Å²) in [5.41, 5.74) is 3.50. The summed E-state index contributed by atoms with van der Waals surface area (Å²) in [6, 6.07) is 11.5. The molecule has 0 spiro atoms. The number of carbonyl (C=O) groups excluding carboxylic acids is 1. The van der Waals surface area contributed by atoms with Crippen LogP contribution in [0, 0.1) is 0 Å². The molecule has 0 saturated heterocycles. The van der Waals surface area contributed by atoms with E-state index in [-0.39, 0.29) is 17.2 Å². The number of amides is 1. The highest BCUT2D eigenvalue weighted by Gasteiger charge is 2.18. The van der Waals surface area contributed by atoms with E-state index in [1.54, 1.807) is 47.3 Å². The van der Waals surface area contributed by atoms with Gasteiger partial charge < -0.3 is 5.32 Å². The molecule has 0 radical (unpaired) electrons. The molecular weight excluding hydrogens is 394 g/mol. The normalized spacial score (nSPS) is 11.3. The molecule has 0 aliphatic carbocycles. The van der Waals surface area contributed by atoms with Crippen molar-refractivity contribution in [3.8, 4) is 11.3 Å². The Labute approximate surface area is 159 Å². The van der Waals surface area contributed by atoms with E-state index in [4.69, 9.17) is 16.7 Å². The Morgan fingerprint density at radius 1 is 1.23 bits per heavy atom. The van der Waals surface area contributed by atoms with Gasteiger partial charge in [-0.3, -0.25) is 4.79 Å². The van der Waals surface area contributed by atoms with Gasteiger partial charge in [0.1, 0.15) is 0 Å². The van der Waals surface area contributed by atoms with Crippen LogP contribution in [0.15, 0.2) is 58.3 Å². The van der Waals surface area contributed by atoms with E-state index in [1.807, 2.05) is 0 Å². The van der Waals surface area contributed by atoms with Crippen molar-refractivity contribution in [2.75, 3.05) is 5.32 Å². The van der Waals surface area contributed by atoms with Crippen LogP contribution in [-0.2, 0) is 21.2 Å². The lowest BCUT2D eigenvalue weighted by Crippen LogP contribution is -2.17. The number of anilines is 1. The fraction of sp³-hybridized carbons (Fsp3) is 0.0588. The zero-order valence-electron chi connectivity index (χ0n) is 13.3. The molecule has 134 valence electrons. The molecule has 26 heavy (non-hydrogen) atoms. The second kappa shape index (κ2) is 7.55. The zero-order chi connectivity index (χ0) is 18.7. The van der Waals surface area contributed by atoms with Gasteiger partial charge in [0.25, 0.3) is 0 Å². The number of nitrogens with zero attached hydrogens (tertiary/aromatic N) is 1. The molecule has 1 amide bonds. The summed E-state index contributed by atoms with van der Waals surface area (Å²) in [6.07, 6.45) is 0.0677. The lowest BCUT2D eigenvalue weighted by atomic mass is 10.1. The van der Waals surface area contributed by atoms with Gasteiger partial charge in [0.15, 0.2) is 0 Å². The second-order valence-electron chi connectivity index (χ2n) is 5.45. The van der Waals surface area contributed by atoms with Crippen molar-refractivity contribution in [1.29, 1.82) is 0 Å². The number of aromatic nitrogens is 1. The summed E-state index contributed by atoms with van der Waals surface area (Å²) >= 11 is 7.39. The third-order valence-electron chi connectivity index (χ3n) is 3.59. The Morgan fingerprint density at radius 2 is 2.00 bits per heavy atom. The molecule has 0 unspecified atom stereocenters. The zero-order valence-corrected chi connectivity index (χ0v) is 15.7. The molecule has 0 fully saturated rings. The van der Waals surface area contributed by atoms with Crippen LogP contribution < -0.4 is 10.5 Å². The number of rotatable bonds is 5. The Morgan fingerprint density at radius 3 is 2.65 bits per heavy atom. The number of nitrogens with two attached hydrogens (primary N) is 1. The molecule has 3 N–H and O–H groups in total. The van der Waals surface area contributed by atoms with Gasteiger partial charge in [0.2, 0.25) is 15.9 Å². The van der Waals surface area contributed by atoms with Crippen LogP contribution in [-0.4, -0.2) is 19.3 Å². The van der Waals surface area contributed by atoms with Crippen molar-refractivity contribution < 1.29 is 13.2 Å². The number of nitrogens with one attached hydrogen (secondary N) is 1. The van der Waals surface area contributed by atoms with Crippen molar-refractivity contribution in [3.05, 3.63) is 63.9 Å². The van der Waals surface area contributed by atoms with Crippen LogP contribution in [0.3, 0.4) is 0 Å². The largest absolute Gasteiger partial charge is 0.326 e. The number of sulfonamides is 1. The summed E-state index contributed by atoms with van der Waals surface area (Å²) in [4.78, 5) is 16.3. The quantitative estimate of drug-likeness (QED) is 0.677. The van der Waals surface area contributed by atoms with Crippen LogP contribution in [0.4, 0.5) is 5.69 Å². The minimum Gasteiger partial charge on any atom is -0.326 e. The fourth-order valence-corrected chi connectivity index (χ4v) is 3.94. The van der Waals surface area contributed by atoms with Crippen molar-refractivity contribution in [1.82, 2.24) is 4.98 Å². The maximum atomic E-state index is 12.2. The first-order valence-corrected chi connectivity index (χ1v) is 10.3.